The minimum Gasteiger partial charge on any atom is -0.469 e. The molecule has 0 amide bonds. The number of hydrogen-bond donors (Lipinski definition) is 0. The van der Waals surface area contributed by atoms with Crippen LogP contribution >= 0.6 is 0 Å². The molecular weight excluding hydrogens is 204 g/mol. The maximum absolute atomic E-state index is 11.7. The number of unbranched alkanes of at least 4 members (excludes halogenated alkanes) is 2. The molecule has 2 atom stereocenters. The second-order valence-electron chi connectivity index (χ2n) is 4.65. The molecule has 16 heavy (non-hydrogen) atoms. The first-order valence-corrected chi connectivity index (χ1v) is 6.28. The van der Waals surface area contributed by atoms with Gasteiger partial charge in [0.25, 0.3) is 0 Å². The van der Waals surface area contributed by atoms with Crippen molar-refractivity contribution < 1.29 is 14.3 Å². The summed E-state index contributed by atoms with van der Waals surface area (Å²) in [6, 6.07) is 0. The van der Waals surface area contributed by atoms with Crippen molar-refractivity contribution >= 4 is 11.8 Å². The third-order valence-corrected chi connectivity index (χ3v) is 3.52. The van der Waals surface area contributed by atoms with Crippen LogP contribution in [-0.2, 0) is 14.3 Å². The molecule has 1 aliphatic rings. The van der Waals surface area contributed by atoms with Crippen molar-refractivity contribution in [2.75, 3.05) is 7.11 Å². The first-order chi connectivity index (χ1) is 7.69. The molecule has 0 aliphatic heterocycles. The molecule has 0 unspecified atom stereocenters. The highest BCUT2D eigenvalue weighted by molar-refractivity contribution is 5.84. The molecule has 0 radical (unpaired) electrons. The Morgan fingerprint density at radius 3 is 2.81 bits per heavy atom. The summed E-state index contributed by atoms with van der Waals surface area (Å²) in [5.74, 6) is 0.521. The lowest BCUT2D eigenvalue weighted by Gasteiger charge is -2.16. The number of rotatable bonds is 6. The number of ketones is 1. The predicted octanol–water partition coefficient (Wildman–Crippen LogP) is 2.73. The van der Waals surface area contributed by atoms with Gasteiger partial charge in [-0.15, -0.1) is 0 Å². The Morgan fingerprint density at radius 2 is 2.19 bits per heavy atom. The van der Waals surface area contributed by atoms with E-state index in [0.717, 1.165) is 19.3 Å². The van der Waals surface area contributed by atoms with E-state index >= 15 is 0 Å². The van der Waals surface area contributed by atoms with Crippen LogP contribution in [-0.4, -0.2) is 18.9 Å². The molecule has 1 fully saturated rings. The fourth-order valence-electron chi connectivity index (χ4n) is 2.53. The second kappa shape index (κ2) is 6.66. The van der Waals surface area contributed by atoms with Gasteiger partial charge in [0.15, 0.2) is 0 Å². The van der Waals surface area contributed by atoms with Crippen molar-refractivity contribution in [1.82, 2.24) is 0 Å². The Labute approximate surface area is 97.5 Å². The maximum Gasteiger partial charge on any atom is 0.305 e. The number of Topliss-reactive ketones (excluding diaryl/α,β-unsaturated/α-hetero) is 1. The fraction of sp³-hybridized carbons (Fsp3) is 0.846. The van der Waals surface area contributed by atoms with E-state index in [1.54, 1.807) is 0 Å². The van der Waals surface area contributed by atoms with E-state index in [4.69, 9.17) is 0 Å². The monoisotopic (exact) mass is 226 g/mol. The van der Waals surface area contributed by atoms with Crippen molar-refractivity contribution in [3.63, 3.8) is 0 Å². The van der Waals surface area contributed by atoms with Crippen LogP contribution in [0.3, 0.4) is 0 Å². The molecule has 0 aromatic carbocycles. The maximum atomic E-state index is 11.7. The van der Waals surface area contributed by atoms with Crippen LogP contribution < -0.4 is 0 Å². The van der Waals surface area contributed by atoms with E-state index in [1.165, 1.54) is 20.0 Å². The number of hydrogen-bond acceptors (Lipinski definition) is 3. The molecule has 92 valence electrons. The molecule has 3 heteroatoms. The summed E-state index contributed by atoms with van der Waals surface area (Å²) in [6.45, 7) is 2.16. The molecule has 1 aliphatic carbocycles. The van der Waals surface area contributed by atoms with Crippen LogP contribution in [0.15, 0.2) is 0 Å². The molecule has 0 saturated heterocycles. The molecule has 0 spiro atoms. The van der Waals surface area contributed by atoms with Gasteiger partial charge >= 0.3 is 5.97 Å². The lowest BCUT2D eigenvalue weighted by Crippen LogP contribution is -2.18. The van der Waals surface area contributed by atoms with E-state index in [2.05, 4.69) is 11.7 Å². The summed E-state index contributed by atoms with van der Waals surface area (Å²) >= 11 is 0. The topological polar surface area (TPSA) is 43.4 Å². The Hall–Kier alpha value is -0.860. The normalized spacial score (nSPS) is 24.8. The third-order valence-electron chi connectivity index (χ3n) is 3.52. The van der Waals surface area contributed by atoms with Crippen LogP contribution in [0.4, 0.5) is 0 Å². The van der Waals surface area contributed by atoms with Crippen LogP contribution in [0.1, 0.15) is 51.9 Å². The number of carbonyl (C=O) groups excluding carboxylic acids is 2. The standard InChI is InChI=1S/C13H22O3/c1-3-4-5-6-11-10(7-8-12(11)14)9-13(15)16-2/h10-11H,3-9H2,1-2H3/t10-,11-/m1/s1. The highest BCUT2D eigenvalue weighted by Crippen LogP contribution is 2.35. The number of methoxy groups -OCH3 is 1. The minimum atomic E-state index is -0.180. The Morgan fingerprint density at radius 1 is 1.44 bits per heavy atom. The van der Waals surface area contributed by atoms with E-state index in [1.807, 2.05) is 0 Å². The smallest absolute Gasteiger partial charge is 0.305 e. The highest BCUT2D eigenvalue weighted by atomic mass is 16.5. The van der Waals surface area contributed by atoms with Gasteiger partial charge in [-0.05, 0) is 18.8 Å². The van der Waals surface area contributed by atoms with Gasteiger partial charge < -0.3 is 4.74 Å². The summed E-state index contributed by atoms with van der Waals surface area (Å²) in [7, 11) is 1.41. The van der Waals surface area contributed by atoms with Gasteiger partial charge in [0.2, 0.25) is 0 Å². The number of ether oxygens (including phenoxy) is 1. The van der Waals surface area contributed by atoms with Crippen LogP contribution in [0.2, 0.25) is 0 Å². The zero-order chi connectivity index (χ0) is 12.0. The van der Waals surface area contributed by atoms with E-state index in [-0.39, 0.29) is 17.8 Å². The average molecular weight is 226 g/mol. The third kappa shape index (κ3) is 3.62. The predicted molar refractivity (Wildman–Crippen MR) is 62.0 cm³/mol. The van der Waals surface area contributed by atoms with Gasteiger partial charge in [-0.3, -0.25) is 9.59 Å². The first kappa shape index (κ1) is 13.2. The average Bonchev–Trinajstić information content (AvgIpc) is 2.61. The largest absolute Gasteiger partial charge is 0.469 e. The minimum absolute atomic E-state index is 0.116. The van der Waals surface area contributed by atoms with E-state index in [9.17, 15) is 9.59 Å². The molecule has 1 rings (SSSR count). The summed E-state index contributed by atoms with van der Waals surface area (Å²) in [5, 5.41) is 0. The van der Waals surface area contributed by atoms with Gasteiger partial charge in [0.1, 0.15) is 5.78 Å². The first-order valence-electron chi connectivity index (χ1n) is 6.28. The fourth-order valence-corrected chi connectivity index (χ4v) is 2.53. The van der Waals surface area contributed by atoms with Gasteiger partial charge in [-0.2, -0.15) is 0 Å². The summed E-state index contributed by atoms with van der Waals surface area (Å²) in [6.07, 6.45) is 6.33. The second-order valence-corrected chi connectivity index (χ2v) is 4.65. The molecule has 0 aromatic heterocycles. The molecule has 3 nitrogen and oxygen atoms in total. The number of esters is 1. The molecule has 0 heterocycles. The highest BCUT2D eigenvalue weighted by Gasteiger charge is 2.35. The van der Waals surface area contributed by atoms with Crippen molar-refractivity contribution in [2.24, 2.45) is 11.8 Å². The van der Waals surface area contributed by atoms with Crippen molar-refractivity contribution in [3.8, 4) is 0 Å². The molecule has 0 aromatic rings. The zero-order valence-electron chi connectivity index (χ0n) is 10.3. The van der Waals surface area contributed by atoms with E-state index in [0.29, 0.717) is 18.6 Å². The summed E-state index contributed by atoms with van der Waals surface area (Å²) in [5.41, 5.74) is 0. The van der Waals surface area contributed by atoms with Crippen LogP contribution in [0, 0.1) is 11.8 Å². The van der Waals surface area contributed by atoms with E-state index < -0.39 is 0 Å². The van der Waals surface area contributed by atoms with Crippen molar-refractivity contribution in [1.29, 1.82) is 0 Å². The summed E-state index contributed by atoms with van der Waals surface area (Å²) in [4.78, 5) is 22.9. The van der Waals surface area contributed by atoms with Gasteiger partial charge in [0.05, 0.1) is 7.11 Å². The van der Waals surface area contributed by atoms with Gasteiger partial charge in [-0.25, -0.2) is 0 Å². The van der Waals surface area contributed by atoms with Gasteiger partial charge in [0, 0.05) is 18.8 Å². The lowest BCUT2D eigenvalue weighted by molar-refractivity contribution is -0.142. The Bertz CT molecular complexity index is 248. The van der Waals surface area contributed by atoms with Crippen LogP contribution in [0.5, 0.6) is 0 Å². The van der Waals surface area contributed by atoms with Gasteiger partial charge in [-0.1, -0.05) is 26.2 Å². The summed E-state index contributed by atoms with van der Waals surface area (Å²) < 4.78 is 4.67. The van der Waals surface area contributed by atoms with Crippen LogP contribution in [0.25, 0.3) is 0 Å². The quantitative estimate of drug-likeness (QED) is 0.516. The van der Waals surface area contributed by atoms with Crippen molar-refractivity contribution in [2.45, 2.75) is 51.9 Å². The van der Waals surface area contributed by atoms with Crippen molar-refractivity contribution in [3.05, 3.63) is 0 Å². The Balaban J connectivity index is 2.42. The number of carbonyl (C=O) groups is 2. The molecule has 0 N–H and O–H groups in total. The lowest BCUT2D eigenvalue weighted by atomic mass is 9.88. The Kier molecular flexibility index (Phi) is 5.50. The zero-order valence-corrected chi connectivity index (χ0v) is 10.3. The SMILES string of the molecule is CCCCC[C@H]1C(=O)CC[C@@H]1CC(=O)OC. The molecular formula is C13H22O3. The molecule has 0 bridgehead atoms. The molecule has 1 saturated carbocycles.